The topological polar surface area (TPSA) is 101 Å². The number of hydrogen-bond donors (Lipinski definition) is 0. The number of carbonyl (C=O) groups excluding carboxylic acids is 3. The molecule has 0 radical (unpaired) electrons. The Balaban J connectivity index is 1.30. The maximum atomic E-state index is 14.2. The highest BCUT2D eigenvalue weighted by Crippen LogP contribution is 2.67. The quantitative estimate of drug-likeness (QED) is 0.0762. The standard InChI is InChI=1S/C38H50O8Si/c1-36(2,3)47(5,6)34-29-20-37(21-32(40)42-4)31-18-26(16-12-7-8-13-17-43-23-25-14-10-9-11-15-25)28-19-27(22-39)45-38(31,46-35(37)41)33(28)30(29)24-44-34/h9-11,14-15,18,22,24,26-28,33H,7-8,12-13,16-17,19-21,23H2,1-6H3/t26-,27?,28+,33+,37-,38+/m1/s1. The molecular formula is C38H50O8Si. The average Bonchev–Trinajstić information content (AvgIpc) is 3.51. The fourth-order valence-electron chi connectivity index (χ4n) is 8.36. The molecule has 2 saturated heterocycles. The lowest BCUT2D eigenvalue weighted by Gasteiger charge is -2.52. The predicted molar refractivity (Wildman–Crippen MR) is 180 cm³/mol. The Labute approximate surface area is 279 Å². The Morgan fingerprint density at radius 2 is 1.85 bits per heavy atom. The van der Waals surface area contributed by atoms with E-state index in [-0.39, 0.29) is 35.6 Å². The van der Waals surface area contributed by atoms with Gasteiger partial charge >= 0.3 is 11.9 Å². The van der Waals surface area contributed by atoms with Crippen molar-refractivity contribution in [3.05, 3.63) is 64.9 Å². The van der Waals surface area contributed by atoms with Gasteiger partial charge in [-0.1, -0.05) is 89.5 Å². The summed E-state index contributed by atoms with van der Waals surface area (Å²) in [5.41, 5.74) is 2.61. The highest BCUT2D eigenvalue weighted by molar-refractivity contribution is 6.91. The predicted octanol–water partition coefficient (Wildman–Crippen LogP) is 6.76. The molecule has 9 heteroatoms. The number of methoxy groups -OCH3 is 1. The SMILES string of the molecule is COC(=O)C[C@@]12Cc3c(coc3[Si](C)(C)C(C)(C)C)[C@@H]3[C@H]4CC(C=O)O[C@]3(OC1=O)C2=C[C@H]4CCCCCCOCc1ccccc1. The van der Waals surface area contributed by atoms with Crippen LogP contribution in [0.3, 0.4) is 0 Å². The second kappa shape index (κ2) is 12.8. The maximum absolute atomic E-state index is 14.2. The Morgan fingerprint density at radius 3 is 2.55 bits per heavy atom. The van der Waals surface area contributed by atoms with Crippen LogP contribution in [0.25, 0.3) is 0 Å². The van der Waals surface area contributed by atoms with Crippen molar-refractivity contribution in [3.63, 3.8) is 0 Å². The number of carbonyl (C=O) groups is 3. The molecule has 254 valence electrons. The molecule has 0 saturated carbocycles. The fraction of sp³-hybridized carbons (Fsp3) is 0.605. The van der Waals surface area contributed by atoms with E-state index in [1.165, 1.54) is 12.7 Å². The maximum Gasteiger partial charge on any atom is 0.320 e. The number of unbranched alkanes of at least 4 members (excludes halogenated alkanes) is 3. The number of allylic oxidation sites excluding steroid dienone is 1. The van der Waals surface area contributed by atoms with Crippen molar-refractivity contribution in [1.82, 2.24) is 0 Å². The van der Waals surface area contributed by atoms with Gasteiger partial charge in [0.15, 0.2) is 0 Å². The molecule has 2 aromatic rings. The number of esters is 2. The van der Waals surface area contributed by atoms with Gasteiger partial charge in [0.1, 0.15) is 25.9 Å². The van der Waals surface area contributed by atoms with Crippen molar-refractivity contribution in [2.24, 2.45) is 17.3 Å². The number of fused-ring (bicyclic) bond motifs is 1. The molecule has 6 atom stereocenters. The van der Waals surface area contributed by atoms with Crippen LogP contribution in [0.1, 0.15) is 88.3 Å². The van der Waals surface area contributed by atoms with Crippen molar-refractivity contribution in [2.75, 3.05) is 13.7 Å². The molecule has 0 amide bonds. The van der Waals surface area contributed by atoms with Gasteiger partial charge in [-0.15, -0.1) is 0 Å². The zero-order chi connectivity index (χ0) is 33.6. The van der Waals surface area contributed by atoms with Gasteiger partial charge in [-0.05, 0) is 53.7 Å². The van der Waals surface area contributed by atoms with Crippen LogP contribution in [0.15, 0.2) is 52.7 Å². The summed E-state index contributed by atoms with van der Waals surface area (Å²) in [5.74, 6) is -2.61. The van der Waals surface area contributed by atoms with Crippen LogP contribution in [-0.2, 0) is 46.4 Å². The van der Waals surface area contributed by atoms with E-state index < -0.39 is 37.3 Å². The molecule has 2 aliphatic carbocycles. The van der Waals surface area contributed by atoms with Gasteiger partial charge in [-0.2, -0.15) is 0 Å². The van der Waals surface area contributed by atoms with Crippen LogP contribution in [0.2, 0.25) is 18.1 Å². The van der Waals surface area contributed by atoms with Gasteiger partial charge in [0.05, 0.1) is 37.7 Å². The zero-order valence-corrected chi connectivity index (χ0v) is 29.8. The second-order valence-corrected chi connectivity index (χ2v) is 20.8. The van der Waals surface area contributed by atoms with E-state index in [2.05, 4.69) is 52.1 Å². The summed E-state index contributed by atoms with van der Waals surface area (Å²) >= 11 is 0. The summed E-state index contributed by atoms with van der Waals surface area (Å²) in [6.07, 6.45) is 9.88. The van der Waals surface area contributed by atoms with Crippen molar-refractivity contribution in [3.8, 4) is 0 Å². The van der Waals surface area contributed by atoms with Gasteiger partial charge in [0.25, 0.3) is 0 Å². The minimum atomic E-state index is -2.20. The van der Waals surface area contributed by atoms with E-state index in [9.17, 15) is 14.4 Å². The number of ether oxygens (including phenoxy) is 4. The molecule has 2 aliphatic heterocycles. The van der Waals surface area contributed by atoms with E-state index in [0.29, 0.717) is 18.6 Å². The third kappa shape index (κ3) is 5.76. The first kappa shape index (κ1) is 33.9. The van der Waals surface area contributed by atoms with Crippen molar-refractivity contribution < 1.29 is 37.7 Å². The monoisotopic (exact) mass is 662 g/mol. The highest BCUT2D eigenvalue weighted by atomic mass is 28.3. The Morgan fingerprint density at radius 1 is 1.11 bits per heavy atom. The second-order valence-electron chi connectivity index (χ2n) is 15.6. The number of aldehydes is 1. The molecule has 1 spiro atoms. The number of benzene rings is 1. The Kier molecular flexibility index (Phi) is 9.21. The summed E-state index contributed by atoms with van der Waals surface area (Å²) in [6.45, 7) is 12.7. The zero-order valence-electron chi connectivity index (χ0n) is 28.8. The first-order chi connectivity index (χ1) is 22.4. The first-order valence-electron chi connectivity index (χ1n) is 17.3. The normalized spacial score (nSPS) is 29.4. The van der Waals surface area contributed by atoms with E-state index in [4.69, 9.17) is 23.4 Å². The van der Waals surface area contributed by atoms with Crippen molar-refractivity contribution in [1.29, 1.82) is 0 Å². The van der Waals surface area contributed by atoms with Gasteiger partial charge < -0.3 is 28.2 Å². The molecule has 2 fully saturated rings. The molecule has 8 nitrogen and oxygen atoms in total. The molecule has 4 aliphatic rings. The van der Waals surface area contributed by atoms with Crippen LogP contribution in [-0.4, -0.2) is 51.9 Å². The van der Waals surface area contributed by atoms with Crippen LogP contribution in [0.5, 0.6) is 0 Å². The summed E-state index contributed by atoms with van der Waals surface area (Å²) in [4.78, 5) is 39.6. The van der Waals surface area contributed by atoms with Crippen LogP contribution < -0.4 is 5.38 Å². The molecule has 1 aromatic carbocycles. The van der Waals surface area contributed by atoms with E-state index >= 15 is 0 Å². The Hall–Kier alpha value is -3.01. The number of hydrogen-bond acceptors (Lipinski definition) is 8. The molecule has 5 bridgehead atoms. The third-order valence-electron chi connectivity index (χ3n) is 11.8. The van der Waals surface area contributed by atoms with E-state index in [1.54, 1.807) is 0 Å². The summed E-state index contributed by atoms with van der Waals surface area (Å²) in [7, 11) is -0.856. The molecule has 6 rings (SSSR count). The van der Waals surface area contributed by atoms with Crippen molar-refractivity contribution >= 4 is 31.7 Å². The number of furan rings is 1. The molecule has 47 heavy (non-hydrogen) atoms. The fourth-order valence-corrected chi connectivity index (χ4v) is 10.4. The smallest absolute Gasteiger partial charge is 0.320 e. The lowest BCUT2D eigenvalue weighted by Crippen LogP contribution is -2.56. The lowest BCUT2D eigenvalue weighted by molar-refractivity contribution is -0.255. The summed E-state index contributed by atoms with van der Waals surface area (Å²) in [5, 5.41) is 0.944. The summed E-state index contributed by atoms with van der Waals surface area (Å²) < 4.78 is 30.4. The molecule has 3 heterocycles. The molecular weight excluding hydrogens is 612 g/mol. The minimum Gasteiger partial charge on any atom is -0.474 e. The Bertz CT molecular complexity index is 1520. The summed E-state index contributed by atoms with van der Waals surface area (Å²) in [6, 6.07) is 10.2. The van der Waals surface area contributed by atoms with Gasteiger partial charge in [0, 0.05) is 17.7 Å². The highest BCUT2D eigenvalue weighted by Gasteiger charge is 2.73. The first-order valence-corrected chi connectivity index (χ1v) is 20.3. The third-order valence-corrected chi connectivity index (χ3v) is 17.1. The van der Waals surface area contributed by atoms with Crippen LogP contribution in [0.4, 0.5) is 0 Å². The van der Waals surface area contributed by atoms with Gasteiger partial charge in [0.2, 0.25) is 5.79 Å². The molecule has 0 N–H and O–H groups in total. The molecule has 1 unspecified atom stereocenters. The molecule has 1 aromatic heterocycles. The van der Waals surface area contributed by atoms with Gasteiger partial charge in [-0.25, -0.2) is 0 Å². The van der Waals surface area contributed by atoms with Crippen molar-refractivity contribution in [2.45, 2.75) is 115 Å². The lowest BCUT2D eigenvalue weighted by atomic mass is 9.60. The van der Waals surface area contributed by atoms with Gasteiger partial charge in [-0.3, -0.25) is 9.59 Å². The van der Waals surface area contributed by atoms with Crippen LogP contribution in [0, 0.1) is 17.3 Å². The van der Waals surface area contributed by atoms with E-state index in [1.807, 2.05) is 24.5 Å². The van der Waals surface area contributed by atoms with E-state index in [0.717, 1.165) is 61.5 Å². The number of rotatable bonds is 13. The average molecular weight is 663 g/mol. The van der Waals surface area contributed by atoms with Crippen LogP contribution >= 0.6 is 0 Å². The largest absolute Gasteiger partial charge is 0.474 e. The minimum absolute atomic E-state index is 0.0142.